The topological polar surface area (TPSA) is 35.6 Å². The standard InChI is InChI=1S/C12H23N3OS/c1-3-11-12(16)15(10(2)13-11)5-4-14-6-8-17-9-7-14/h10-11,13H,3-9H2,1-2H3. The van der Waals surface area contributed by atoms with E-state index in [0.717, 1.165) is 19.5 Å². The third-order valence-electron chi connectivity index (χ3n) is 3.66. The molecule has 1 amide bonds. The van der Waals surface area contributed by atoms with Crippen molar-refractivity contribution in [1.82, 2.24) is 15.1 Å². The summed E-state index contributed by atoms with van der Waals surface area (Å²) in [5.74, 6) is 2.75. The van der Waals surface area contributed by atoms with E-state index in [4.69, 9.17) is 0 Å². The summed E-state index contributed by atoms with van der Waals surface area (Å²) < 4.78 is 0. The number of rotatable bonds is 4. The Morgan fingerprint density at radius 1 is 1.35 bits per heavy atom. The van der Waals surface area contributed by atoms with Gasteiger partial charge in [-0.25, -0.2) is 0 Å². The van der Waals surface area contributed by atoms with E-state index >= 15 is 0 Å². The summed E-state index contributed by atoms with van der Waals surface area (Å²) in [4.78, 5) is 16.5. The first-order chi connectivity index (χ1) is 8.22. The Kier molecular flexibility index (Phi) is 4.70. The molecular formula is C12H23N3OS. The van der Waals surface area contributed by atoms with Gasteiger partial charge in [-0.1, -0.05) is 6.92 Å². The van der Waals surface area contributed by atoms with Gasteiger partial charge in [0.2, 0.25) is 5.91 Å². The minimum absolute atomic E-state index is 0.0434. The number of nitrogens with one attached hydrogen (secondary N) is 1. The van der Waals surface area contributed by atoms with Gasteiger partial charge in [-0.2, -0.15) is 11.8 Å². The van der Waals surface area contributed by atoms with Crippen LogP contribution in [0.3, 0.4) is 0 Å². The zero-order valence-corrected chi connectivity index (χ0v) is 11.6. The predicted molar refractivity (Wildman–Crippen MR) is 72.2 cm³/mol. The van der Waals surface area contributed by atoms with Crippen LogP contribution < -0.4 is 5.32 Å². The molecule has 5 heteroatoms. The van der Waals surface area contributed by atoms with Crippen LogP contribution in [0.5, 0.6) is 0 Å². The van der Waals surface area contributed by atoms with Crippen LogP contribution in [0.4, 0.5) is 0 Å². The monoisotopic (exact) mass is 257 g/mol. The minimum Gasteiger partial charge on any atom is -0.325 e. The lowest BCUT2D eigenvalue weighted by atomic mass is 10.2. The number of amides is 1. The quantitative estimate of drug-likeness (QED) is 0.800. The molecule has 4 nitrogen and oxygen atoms in total. The third-order valence-corrected chi connectivity index (χ3v) is 4.60. The molecule has 0 saturated carbocycles. The summed E-state index contributed by atoms with van der Waals surface area (Å²) in [6, 6.07) is 0.0434. The van der Waals surface area contributed by atoms with Crippen LogP contribution in [-0.2, 0) is 4.79 Å². The molecule has 0 spiro atoms. The summed E-state index contributed by atoms with van der Waals surface area (Å²) in [5, 5.41) is 3.34. The predicted octanol–water partition coefficient (Wildman–Crippen LogP) is 0.592. The fourth-order valence-corrected chi connectivity index (χ4v) is 3.49. The molecule has 2 heterocycles. The van der Waals surface area contributed by atoms with Crippen molar-refractivity contribution >= 4 is 17.7 Å². The molecule has 2 rings (SSSR count). The molecule has 2 fully saturated rings. The Labute approximate surface area is 108 Å². The van der Waals surface area contributed by atoms with Crippen molar-refractivity contribution in [1.29, 1.82) is 0 Å². The van der Waals surface area contributed by atoms with Crippen molar-refractivity contribution < 1.29 is 4.79 Å². The minimum atomic E-state index is 0.0434. The smallest absolute Gasteiger partial charge is 0.241 e. The van der Waals surface area contributed by atoms with Crippen LogP contribution >= 0.6 is 11.8 Å². The molecule has 2 saturated heterocycles. The molecule has 0 aliphatic carbocycles. The normalized spacial score (nSPS) is 31.2. The lowest BCUT2D eigenvalue weighted by molar-refractivity contribution is -0.130. The molecule has 17 heavy (non-hydrogen) atoms. The van der Waals surface area contributed by atoms with E-state index in [1.807, 2.05) is 16.7 Å². The Morgan fingerprint density at radius 3 is 2.65 bits per heavy atom. The van der Waals surface area contributed by atoms with Crippen LogP contribution in [0.2, 0.25) is 0 Å². The summed E-state index contributed by atoms with van der Waals surface area (Å²) in [6.45, 7) is 8.38. The van der Waals surface area contributed by atoms with Crippen molar-refractivity contribution in [3.05, 3.63) is 0 Å². The maximum Gasteiger partial charge on any atom is 0.241 e. The molecule has 0 aromatic heterocycles. The van der Waals surface area contributed by atoms with E-state index in [0.29, 0.717) is 0 Å². The average Bonchev–Trinajstić information content (AvgIpc) is 2.63. The molecule has 0 aromatic rings. The molecule has 1 N–H and O–H groups in total. The largest absolute Gasteiger partial charge is 0.325 e. The number of nitrogens with zero attached hydrogens (tertiary/aromatic N) is 2. The second-order valence-corrected chi connectivity index (χ2v) is 6.01. The first-order valence-corrected chi connectivity index (χ1v) is 7.74. The van der Waals surface area contributed by atoms with Gasteiger partial charge in [0.25, 0.3) is 0 Å². The van der Waals surface area contributed by atoms with E-state index in [1.54, 1.807) is 0 Å². The van der Waals surface area contributed by atoms with E-state index in [2.05, 4.69) is 24.1 Å². The lowest BCUT2D eigenvalue weighted by Crippen LogP contribution is -2.43. The van der Waals surface area contributed by atoms with Crippen molar-refractivity contribution in [3.8, 4) is 0 Å². The zero-order chi connectivity index (χ0) is 12.3. The van der Waals surface area contributed by atoms with Gasteiger partial charge in [0, 0.05) is 37.7 Å². The van der Waals surface area contributed by atoms with Gasteiger partial charge >= 0.3 is 0 Å². The maximum atomic E-state index is 12.1. The van der Waals surface area contributed by atoms with Gasteiger partial charge < -0.3 is 4.90 Å². The van der Waals surface area contributed by atoms with E-state index in [-0.39, 0.29) is 18.1 Å². The van der Waals surface area contributed by atoms with Gasteiger partial charge in [0.1, 0.15) is 0 Å². The summed E-state index contributed by atoms with van der Waals surface area (Å²) in [6.07, 6.45) is 1.09. The molecule has 0 bridgehead atoms. The van der Waals surface area contributed by atoms with Crippen LogP contribution in [0.1, 0.15) is 20.3 Å². The molecule has 2 aliphatic rings. The molecule has 0 radical (unpaired) electrons. The fraction of sp³-hybridized carbons (Fsp3) is 0.917. The highest BCUT2D eigenvalue weighted by atomic mass is 32.2. The summed E-state index contributed by atoms with van der Waals surface area (Å²) in [7, 11) is 0. The Balaban J connectivity index is 1.79. The van der Waals surface area contributed by atoms with Crippen LogP contribution in [0.15, 0.2) is 0 Å². The van der Waals surface area contributed by atoms with Crippen molar-refractivity contribution in [3.63, 3.8) is 0 Å². The number of thioether (sulfide) groups is 1. The average molecular weight is 257 g/mol. The second kappa shape index (κ2) is 6.07. The van der Waals surface area contributed by atoms with Crippen molar-refractivity contribution in [2.75, 3.05) is 37.7 Å². The Morgan fingerprint density at radius 2 is 2.06 bits per heavy atom. The number of hydrogen-bond donors (Lipinski definition) is 1. The van der Waals surface area contributed by atoms with Crippen LogP contribution in [0, 0.1) is 0 Å². The molecule has 98 valence electrons. The highest BCUT2D eigenvalue weighted by Gasteiger charge is 2.34. The van der Waals surface area contributed by atoms with E-state index in [1.165, 1.54) is 24.6 Å². The first kappa shape index (κ1) is 13.2. The van der Waals surface area contributed by atoms with E-state index in [9.17, 15) is 4.79 Å². The van der Waals surface area contributed by atoms with Crippen LogP contribution in [-0.4, -0.2) is 65.6 Å². The van der Waals surface area contributed by atoms with Gasteiger partial charge in [-0.15, -0.1) is 0 Å². The van der Waals surface area contributed by atoms with Crippen molar-refractivity contribution in [2.24, 2.45) is 0 Å². The number of carbonyl (C=O) groups is 1. The molecule has 0 aromatic carbocycles. The number of carbonyl (C=O) groups excluding carboxylic acids is 1. The van der Waals surface area contributed by atoms with Crippen LogP contribution in [0.25, 0.3) is 0 Å². The Bertz CT molecular complexity index is 268. The Hall–Kier alpha value is -0.260. The fourth-order valence-electron chi connectivity index (χ4n) is 2.51. The van der Waals surface area contributed by atoms with Gasteiger partial charge in [-0.05, 0) is 13.3 Å². The number of hydrogen-bond acceptors (Lipinski definition) is 4. The second-order valence-electron chi connectivity index (χ2n) is 4.79. The first-order valence-electron chi connectivity index (χ1n) is 6.59. The lowest BCUT2D eigenvalue weighted by Gasteiger charge is -2.29. The summed E-state index contributed by atoms with van der Waals surface area (Å²) in [5.41, 5.74) is 0. The SMILES string of the molecule is CCC1NC(C)N(CCN2CCSCC2)C1=O. The molecule has 2 atom stereocenters. The maximum absolute atomic E-state index is 12.1. The van der Waals surface area contributed by atoms with Gasteiger partial charge in [-0.3, -0.25) is 15.0 Å². The zero-order valence-electron chi connectivity index (χ0n) is 10.8. The van der Waals surface area contributed by atoms with Gasteiger partial charge in [0.15, 0.2) is 0 Å². The van der Waals surface area contributed by atoms with Crippen molar-refractivity contribution in [2.45, 2.75) is 32.5 Å². The van der Waals surface area contributed by atoms with E-state index < -0.39 is 0 Å². The molecular weight excluding hydrogens is 234 g/mol. The molecule has 2 aliphatic heterocycles. The third kappa shape index (κ3) is 3.14. The summed E-state index contributed by atoms with van der Waals surface area (Å²) >= 11 is 2.03. The highest BCUT2D eigenvalue weighted by molar-refractivity contribution is 7.99. The van der Waals surface area contributed by atoms with Gasteiger partial charge in [0.05, 0.1) is 12.2 Å². The highest BCUT2D eigenvalue weighted by Crippen LogP contribution is 2.14. The molecule has 2 unspecified atom stereocenters.